The van der Waals surface area contributed by atoms with Gasteiger partial charge in [0.1, 0.15) is 5.76 Å². The lowest BCUT2D eigenvalue weighted by Crippen LogP contribution is -2.56. The molecule has 2 aliphatic rings. The number of carbonyl (C=O) groups is 1. The highest BCUT2D eigenvalue weighted by molar-refractivity contribution is 5.84. The summed E-state index contributed by atoms with van der Waals surface area (Å²) in [5.74, 6) is 0.372. The summed E-state index contributed by atoms with van der Waals surface area (Å²) in [5.41, 5.74) is -0.700. The van der Waals surface area contributed by atoms with Gasteiger partial charge < -0.3 is 10.0 Å². The zero-order chi connectivity index (χ0) is 13.7. The van der Waals surface area contributed by atoms with Gasteiger partial charge in [0.05, 0.1) is 6.57 Å². The van der Waals surface area contributed by atoms with Crippen LogP contribution in [0.4, 0.5) is 0 Å². The van der Waals surface area contributed by atoms with Crippen LogP contribution < -0.4 is 0 Å². The number of allylic oxidation sites excluding steroid dienone is 2. The summed E-state index contributed by atoms with van der Waals surface area (Å²) in [4.78, 5) is 17.6. The molecule has 0 aromatic carbocycles. The number of aliphatic hydroxyl groups excluding tert-OH is 1. The van der Waals surface area contributed by atoms with Crippen molar-refractivity contribution < 1.29 is 9.90 Å². The zero-order valence-corrected chi connectivity index (χ0v) is 11.4. The average Bonchev–Trinajstić information content (AvgIpc) is 2.31. The van der Waals surface area contributed by atoms with Gasteiger partial charge in [0, 0.05) is 24.4 Å². The molecule has 18 heavy (non-hydrogen) atoms. The lowest BCUT2D eigenvalue weighted by atomic mass is 9.55. The van der Waals surface area contributed by atoms with Gasteiger partial charge in [0.15, 0.2) is 0 Å². The predicted octanol–water partition coefficient (Wildman–Crippen LogP) is 2.59. The van der Waals surface area contributed by atoms with E-state index in [1.54, 1.807) is 4.90 Å². The van der Waals surface area contributed by atoms with E-state index in [2.05, 4.69) is 4.85 Å². The number of hydrogen-bond donors (Lipinski definition) is 1. The van der Waals surface area contributed by atoms with E-state index in [1.807, 2.05) is 27.8 Å². The molecule has 4 heteroatoms. The molecule has 0 aromatic rings. The van der Waals surface area contributed by atoms with Crippen LogP contribution in [0.2, 0.25) is 0 Å². The van der Waals surface area contributed by atoms with Crippen molar-refractivity contribution in [2.75, 3.05) is 13.6 Å². The van der Waals surface area contributed by atoms with Crippen molar-refractivity contribution in [3.05, 3.63) is 22.9 Å². The van der Waals surface area contributed by atoms with E-state index in [0.29, 0.717) is 12.1 Å². The number of rotatable bonds is 0. The number of fused-ring (bicyclic) bond motifs is 1. The molecule has 2 rings (SSSR count). The fourth-order valence-corrected chi connectivity index (χ4v) is 3.74. The third-order valence-electron chi connectivity index (χ3n) is 4.78. The molecular formula is C14H20N2O2. The molecule has 0 aromatic heterocycles. The molecule has 0 radical (unpaired) electrons. The first kappa shape index (κ1) is 12.9. The SMILES string of the molecule is [C-]#[N+]C1=C(O)C(C)(C)[C@@H]2CCN(C)C(=O)[C@@]2(C)C1. The fourth-order valence-electron chi connectivity index (χ4n) is 3.74. The molecule has 1 heterocycles. The Hall–Kier alpha value is -1.50. The maximum Gasteiger partial charge on any atom is 0.227 e. The summed E-state index contributed by atoms with van der Waals surface area (Å²) in [7, 11) is 1.81. The molecule has 0 bridgehead atoms. The van der Waals surface area contributed by atoms with Crippen LogP contribution >= 0.6 is 0 Å². The average molecular weight is 248 g/mol. The smallest absolute Gasteiger partial charge is 0.227 e. The van der Waals surface area contributed by atoms with Crippen molar-refractivity contribution in [1.29, 1.82) is 0 Å². The summed E-state index contributed by atoms with van der Waals surface area (Å²) < 4.78 is 0. The summed E-state index contributed by atoms with van der Waals surface area (Å²) in [6.45, 7) is 13.7. The standard InChI is InChI=1S/C14H20N2O2/c1-13(2)10-6-7-16(5)12(18)14(10,3)8-9(15-4)11(13)17/h10,17H,6-8H2,1-3,5H3/t10-,14-/m0/s1. The van der Waals surface area contributed by atoms with Crippen LogP contribution in [-0.2, 0) is 4.79 Å². The summed E-state index contributed by atoms with van der Waals surface area (Å²) >= 11 is 0. The van der Waals surface area contributed by atoms with E-state index < -0.39 is 10.8 Å². The van der Waals surface area contributed by atoms with Crippen molar-refractivity contribution >= 4 is 5.91 Å². The highest BCUT2D eigenvalue weighted by atomic mass is 16.3. The normalized spacial score (nSPS) is 35.2. The van der Waals surface area contributed by atoms with Gasteiger partial charge in [-0.25, -0.2) is 4.85 Å². The lowest BCUT2D eigenvalue weighted by Gasteiger charge is -2.53. The number of likely N-dealkylation sites (tertiary alicyclic amines) is 1. The van der Waals surface area contributed by atoms with Crippen molar-refractivity contribution in [3.8, 4) is 0 Å². The van der Waals surface area contributed by atoms with E-state index in [4.69, 9.17) is 6.57 Å². The van der Waals surface area contributed by atoms with E-state index in [9.17, 15) is 9.90 Å². The molecular weight excluding hydrogens is 228 g/mol. The Morgan fingerprint density at radius 2 is 2.06 bits per heavy atom. The summed E-state index contributed by atoms with van der Waals surface area (Å²) in [6.07, 6.45) is 1.24. The van der Waals surface area contributed by atoms with Gasteiger partial charge in [-0.15, -0.1) is 0 Å². The molecule has 0 unspecified atom stereocenters. The molecule has 1 N–H and O–H groups in total. The van der Waals surface area contributed by atoms with E-state index >= 15 is 0 Å². The Balaban J connectivity index is 2.57. The quantitative estimate of drug-likeness (QED) is 0.670. The number of hydrogen-bond acceptors (Lipinski definition) is 2. The van der Waals surface area contributed by atoms with Gasteiger partial charge in [-0.3, -0.25) is 4.79 Å². The van der Waals surface area contributed by atoms with Gasteiger partial charge in [0.25, 0.3) is 0 Å². The molecule has 4 nitrogen and oxygen atoms in total. The Morgan fingerprint density at radius 3 is 2.61 bits per heavy atom. The zero-order valence-electron chi connectivity index (χ0n) is 11.4. The highest BCUT2D eigenvalue weighted by Crippen LogP contribution is 2.56. The lowest BCUT2D eigenvalue weighted by molar-refractivity contribution is -0.154. The minimum absolute atomic E-state index is 0.0965. The second-order valence-electron chi connectivity index (χ2n) is 6.29. The third kappa shape index (κ3) is 1.46. The number of piperidine rings is 1. The van der Waals surface area contributed by atoms with E-state index in [1.165, 1.54) is 0 Å². The maximum atomic E-state index is 12.5. The number of nitrogens with zero attached hydrogens (tertiary/aromatic N) is 2. The highest BCUT2D eigenvalue weighted by Gasteiger charge is 2.56. The van der Waals surface area contributed by atoms with Crippen LogP contribution in [-0.4, -0.2) is 29.5 Å². The first-order valence-corrected chi connectivity index (χ1v) is 6.30. The van der Waals surface area contributed by atoms with Gasteiger partial charge in [-0.05, 0) is 18.8 Å². The number of aliphatic hydroxyl groups is 1. The molecule has 1 saturated heterocycles. The van der Waals surface area contributed by atoms with Gasteiger partial charge in [-0.2, -0.15) is 0 Å². The van der Waals surface area contributed by atoms with E-state index in [-0.39, 0.29) is 17.6 Å². The van der Waals surface area contributed by atoms with Crippen LogP contribution in [0.15, 0.2) is 11.5 Å². The number of amides is 1. The Bertz CT molecular complexity index is 473. The van der Waals surface area contributed by atoms with Crippen LogP contribution in [0.5, 0.6) is 0 Å². The number of carbonyl (C=O) groups excluding carboxylic acids is 1. The Kier molecular flexibility index (Phi) is 2.69. The van der Waals surface area contributed by atoms with Crippen LogP contribution in [0.25, 0.3) is 4.85 Å². The monoisotopic (exact) mass is 248 g/mol. The first-order chi connectivity index (χ1) is 8.25. The molecule has 2 atom stereocenters. The van der Waals surface area contributed by atoms with Crippen molar-refractivity contribution in [2.24, 2.45) is 16.7 Å². The Labute approximate surface area is 108 Å². The summed E-state index contributed by atoms with van der Waals surface area (Å²) in [5, 5.41) is 10.2. The Morgan fingerprint density at radius 1 is 1.44 bits per heavy atom. The second kappa shape index (κ2) is 3.74. The summed E-state index contributed by atoms with van der Waals surface area (Å²) in [6, 6.07) is 0. The van der Waals surface area contributed by atoms with Crippen LogP contribution in [0, 0.1) is 23.3 Å². The largest absolute Gasteiger partial charge is 0.523 e. The molecule has 1 amide bonds. The maximum absolute atomic E-state index is 12.5. The topological polar surface area (TPSA) is 44.9 Å². The van der Waals surface area contributed by atoms with Crippen molar-refractivity contribution in [1.82, 2.24) is 4.90 Å². The fraction of sp³-hybridized carbons (Fsp3) is 0.714. The van der Waals surface area contributed by atoms with Crippen molar-refractivity contribution in [2.45, 2.75) is 33.6 Å². The van der Waals surface area contributed by atoms with Crippen LogP contribution in [0.1, 0.15) is 33.6 Å². The minimum atomic E-state index is -0.553. The molecule has 1 aliphatic carbocycles. The second-order valence-corrected chi connectivity index (χ2v) is 6.29. The first-order valence-electron chi connectivity index (χ1n) is 6.30. The van der Waals surface area contributed by atoms with E-state index in [0.717, 1.165) is 13.0 Å². The molecule has 1 fully saturated rings. The minimum Gasteiger partial charge on any atom is -0.523 e. The van der Waals surface area contributed by atoms with Crippen LogP contribution in [0.3, 0.4) is 0 Å². The van der Waals surface area contributed by atoms with Crippen molar-refractivity contribution in [3.63, 3.8) is 0 Å². The third-order valence-corrected chi connectivity index (χ3v) is 4.78. The van der Waals surface area contributed by atoms with Gasteiger partial charge in [-0.1, -0.05) is 20.8 Å². The molecule has 0 saturated carbocycles. The predicted molar refractivity (Wildman–Crippen MR) is 68.5 cm³/mol. The molecule has 98 valence electrons. The van der Waals surface area contributed by atoms with Gasteiger partial charge in [0.2, 0.25) is 11.6 Å². The molecule has 1 aliphatic heterocycles. The van der Waals surface area contributed by atoms with Gasteiger partial charge >= 0.3 is 0 Å². The molecule has 0 spiro atoms.